The molecule has 0 aliphatic carbocycles. The Morgan fingerprint density at radius 1 is 1.40 bits per heavy atom. The van der Waals surface area contributed by atoms with E-state index < -0.39 is 17.6 Å². The van der Waals surface area contributed by atoms with Crippen molar-refractivity contribution in [3.05, 3.63) is 28.3 Å². The number of carbonyl (C=O) groups is 1. The number of nitro benzene ring substituents is 1. The summed E-state index contributed by atoms with van der Waals surface area (Å²) in [7, 11) is 0. The van der Waals surface area contributed by atoms with Crippen LogP contribution < -0.4 is 15.4 Å². The molecule has 0 spiro atoms. The maximum Gasteiger partial charge on any atom is 0.387 e. The molecule has 0 heterocycles. The van der Waals surface area contributed by atoms with E-state index in [1.165, 1.54) is 0 Å². The number of anilines is 1. The minimum atomic E-state index is -3.11. The average Bonchev–Trinajstić information content (AvgIpc) is 2.29. The van der Waals surface area contributed by atoms with E-state index in [4.69, 9.17) is 0 Å². The summed E-state index contributed by atoms with van der Waals surface area (Å²) in [6, 6.07) is 2.07. The van der Waals surface area contributed by atoms with Gasteiger partial charge in [0.15, 0.2) is 0 Å². The van der Waals surface area contributed by atoms with Crippen molar-refractivity contribution in [3.8, 4) is 5.75 Å². The van der Waals surface area contributed by atoms with Gasteiger partial charge in [-0.1, -0.05) is 0 Å². The molecule has 0 saturated heterocycles. The third-order valence-corrected chi connectivity index (χ3v) is 2.06. The highest BCUT2D eigenvalue weighted by Crippen LogP contribution is 2.30. The fourth-order valence-electron chi connectivity index (χ4n) is 1.35. The van der Waals surface area contributed by atoms with Gasteiger partial charge in [-0.3, -0.25) is 10.1 Å². The van der Waals surface area contributed by atoms with Crippen LogP contribution in [0.5, 0.6) is 5.75 Å². The minimum Gasteiger partial charge on any atom is -0.433 e. The smallest absolute Gasteiger partial charge is 0.387 e. The number of hydrogen-bond donors (Lipinski definition) is 2. The van der Waals surface area contributed by atoms with E-state index >= 15 is 0 Å². The fourth-order valence-corrected chi connectivity index (χ4v) is 1.35. The van der Waals surface area contributed by atoms with Crippen molar-refractivity contribution in [2.45, 2.75) is 26.5 Å². The first-order valence-electron chi connectivity index (χ1n) is 5.60. The summed E-state index contributed by atoms with van der Waals surface area (Å²) in [4.78, 5) is 21.4. The number of alkyl halides is 2. The molecule has 1 aromatic rings. The van der Waals surface area contributed by atoms with Gasteiger partial charge in [-0.25, -0.2) is 4.79 Å². The first-order valence-corrected chi connectivity index (χ1v) is 5.60. The number of benzene rings is 1. The second-order valence-electron chi connectivity index (χ2n) is 4.07. The predicted molar refractivity (Wildman–Crippen MR) is 67.0 cm³/mol. The molecule has 0 aromatic heterocycles. The quantitative estimate of drug-likeness (QED) is 0.643. The second kappa shape index (κ2) is 6.64. The fraction of sp³-hybridized carbons (Fsp3) is 0.364. The lowest BCUT2D eigenvalue weighted by Crippen LogP contribution is -2.34. The van der Waals surface area contributed by atoms with Crippen molar-refractivity contribution >= 4 is 17.4 Å². The number of rotatable bonds is 5. The van der Waals surface area contributed by atoms with Crippen LogP contribution in [0, 0.1) is 10.1 Å². The number of non-ortho nitro benzene ring substituents is 1. The van der Waals surface area contributed by atoms with Crippen molar-refractivity contribution in [2.24, 2.45) is 0 Å². The average molecular weight is 289 g/mol. The van der Waals surface area contributed by atoms with Gasteiger partial charge in [0, 0.05) is 18.2 Å². The Bertz CT molecular complexity index is 508. The van der Waals surface area contributed by atoms with Crippen LogP contribution in [0.15, 0.2) is 18.2 Å². The molecule has 0 atom stereocenters. The lowest BCUT2D eigenvalue weighted by molar-refractivity contribution is -0.384. The molecule has 0 aliphatic heterocycles. The zero-order chi connectivity index (χ0) is 15.3. The van der Waals surface area contributed by atoms with Gasteiger partial charge in [-0.05, 0) is 19.9 Å². The standard InChI is InChI=1S/C11H13F2N3O4/c1-6(2)14-11(17)15-8-5-7(16(18)19)3-4-9(8)20-10(12)13/h3-6,10H,1-2H3,(H2,14,15,17). The summed E-state index contributed by atoms with van der Waals surface area (Å²) in [5.74, 6) is -0.357. The van der Waals surface area contributed by atoms with Crippen LogP contribution >= 0.6 is 0 Å². The van der Waals surface area contributed by atoms with Gasteiger partial charge in [-0.15, -0.1) is 0 Å². The topological polar surface area (TPSA) is 93.5 Å². The van der Waals surface area contributed by atoms with Gasteiger partial charge >= 0.3 is 12.6 Å². The van der Waals surface area contributed by atoms with Crippen molar-refractivity contribution in [1.29, 1.82) is 0 Å². The zero-order valence-electron chi connectivity index (χ0n) is 10.7. The van der Waals surface area contributed by atoms with Gasteiger partial charge in [0.25, 0.3) is 5.69 Å². The molecule has 0 unspecified atom stereocenters. The third kappa shape index (κ3) is 4.67. The van der Waals surface area contributed by atoms with E-state index in [1.807, 2.05) is 0 Å². The Morgan fingerprint density at radius 2 is 2.05 bits per heavy atom. The molecule has 2 amide bonds. The molecular weight excluding hydrogens is 276 g/mol. The highest BCUT2D eigenvalue weighted by Gasteiger charge is 2.16. The summed E-state index contributed by atoms with van der Waals surface area (Å²) in [6.45, 7) is 0.290. The summed E-state index contributed by atoms with van der Waals surface area (Å²) < 4.78 is 28.6. The molecule has 0 aliphatic rings. The molecule has 0 saturated carbocycles. The van der Waals surface area contributed by atoms with Crippen LogP contribution in [0.4, 0.5) is 25.0 Å². The Hall–Kier alpha value is -2.45. The van der Waals surface area contributed by atoms with Crippen molar-refractivity contribution in [1.82, 2.24) is 5.32 Å². The van der Waals surface area contributed by atoms with E-state index in [1.54, 1.807) is 13.8 Å². The highest BCUT2D eigenvalue weighted by atomic mass is 19.3. The molecule has 7 nitrogen and oxygen atoms in total. The molecule has 9 heteroatoms. The molecular formula is C11H13F2N3O4. The second-order valence-corrected chi connectivity index (χ2v) is 4.07. The number of nitro groups is 1. The van der Waals surface area contributed by atoms with Crippen molar-refractivity contribution in [2.75, 3.05) is 5.32 Å². The van der Waals surface area contributed by atoms with Gasteiger partial charge < -0.3 is 15.4 Å². The SMILES string of the molecule is CC(C)NC(=O)Nc1cc([N+](=O)[O-])ccc1OC(F)F. The largest absolute Gasteiger partial charge is 0.433 e. The van der Waals surface area contributed by atoms with Gasteiger partial charge in [-0.2, -0.15) is 8.78 Å². The summed E-state index contributed by atoms with van der Waals surface area (Å²) in [5.41, 5.74) is -0.566. The lowest BCUT2D eigenvalue weighted by atomic mass is 10.2. The summed E-state index contributed by atoms with van der Waals surface area (Å²) in [5, 5.41) is 15.3. The molecule has 1 aromatic carbocycles. The van der Waals surface area contributed by atoms with Gasteiger partial charge in [0.2, 0.25) is 0 Å². The molecule has 20 heavy (non-hydrogen) atoms. The number of ether oxygens (including phenoxy) is 1. The number of nitrogens with zero attached hydrogens (tertiary/aromatic N) is 1. The number of carbonyl (C=O) groups excluding carboxylic acids is 1. The molecule has 1 rings (SSSR count). The predicted octanol–water partition coefficient (Wildman–Crippen LogP) is 2.73. The van der Waals surface area contributed by atoms with E-state index in [-0.39, 0.29) is 23.2 Å². The number of hydrogen-bond acceptors (Lipinski definition) is 4. The lowest BCUT2D eigenvalue weighted by Gasteiger charge is -2.13. The van der Waals surface area contributed by atoms with E-state index in [0.717, 1.165) is 18.2 Å². The van der Waals surface area contributed by atoms with Crippen LogP contribution in [0.25, 0.3) is 0 Å². The molecule has 0 radical (unpaired) electrons. The van der Waals surface area contributed by atoms with Crippen LogP contribution in [0.2, 0.25) is 0 Å². The Balaban J connectivity index is 3.01. The molecule has 0 fully saturated rings. The van der Waals surface area contributed by atoms with Crippen LogP contribution in [-0.2, 0) is 0 Å². The normalized spacial score (nSPS) is 10.5. The summed E-state index contributed by atoms with van der Waals surface area (Å²) in [6.07, 6.45) is 0. The Kier molecular flexibility index (Phi) is 5.18. The van der Waals surface area contributed by atoms with Crippen LogP contribution in [0.1, 0.15) is 13.8 Å². The number of amides is 2. The van der Waals surface area contributed by atoms with Crippen LogP contribution in [-0.4, -0.2) is 23.6 Å². The summed E-state index contributed by atoms with van der Waals surface area (Å²) >= 11 is 0. The number of urea groups is 1. The monoisotopic (exact) mass is 289 g/mol. The number of nitrogens with one attached hydrogen (secondary N) is 2. The van der Waals surface area contributed by atoms with Gasteiger partial charge in [0.1, 0.15) is 5.75 Å². The van der Waals surface area contributed by atoms with E-state index in [0.29, 0.717) is 0 Å². The van der Waals surface area contributed by atoms with Crippen LogP contribution in [0.3, 0.4) is 0 Å². The maximum atomic E-state index is 12.2. The first-order chi connectivity index (χ1) is 9.29. The minimum absolute atomic E-state index is 0.187. The highest BCUT2D eigenvalue weighted by molar-refractivity contribution is 5.91. The third-order valence-electron chi connectivity index (χ3n) is 2.06. The molecule has 110 valence electrons. The molecule has 0 bridgehead atoms. The zero-order valence-corrected chi connectivity index (χ0v) is 10.7. The van der Waals surface area contributed by atoms with Crippen molar-refractivity contribution in [3.63, 3.8) is 0 Å². The Labute approximate surface area is 113 Å². The van der Waals surface area contributed by atoms with E-state index in [9.17, 15) is 23.7 Å². The molecule has 2 N–H and O–H groups in total. The van der Waals surface area contributed by atoms with Gasteiger partial charge in [0.05, 0.1) is 10.6 Å². The Morgan fingerprint density at radius 3 is 2.55 bits per heavy atom. The first kappa shape index (κ1) is 15.6. The van der Waals surface area contributed by atoms with E-state index in [2.05, 4.69) is 15.4 Å². The number of halogens is 2. The van der Waals surface area contributed by atoms with Crippen molar-refractivity contribution < 1.29 is 23.2 Å². The maximum absolute atomic E-state index is 12.2.